The van der Waals surface area contributed by atoms with Crippen molar-refractivity contribution in [1.29, 1.82) is 0 Å². The zero-order chi connectivity index (χ0) is 17.4. The summed E-state index contributed by atoms with van der Waals surface area (Å²) in [5.41, 5.74) is 5.89. The Morgan fingerprint density at radius 3 is 2.60 bits per heavy atom. The van der Waals surface area contributed by atoms with E-state index in [1.54, 1.807) is 24.3 Å². The minimum atomic E-state index is -0.112. The van der Waals surface area contributed by atoms with Gasteiger partial charge >= 0.3 is 0 Å². The predicted molar refractivity (Wildman–Crippen MR) is 97.1 cm³/mol. The standard InChI is InChI=1S/C20H18N4O/c1-13-5-3-4-6-16(13)18-12-20(24(23-18)14(2)25)15-7-8-17-19(11-15)22-10-9-21-17/h3-11,20H,12H2,1-2H3/t20-/m1/s1. The third-order valence-corrected chi connectivity index (χ3v) is 4.57. The summed E-state index contributed by atoms with van der Waals surface area (Å²) in [7, 11) is 0. The molecule has 0 fully saturated rings. The van der Waals surface area contributed by atoms with Crippen LogP contribution in [0.15, 0.2) is 60.0 Å². The van der Waals surface area contributed by atoms with Crippen LogP contribution in [-0.4, -0.2) is 26.6 Å². The zero-order valence-corrected chi connectivity index (χ0v) is 14.2. The van der Waals surface area contributed by atoms with E-state index in [2.05, 4.69) is 34.1 Å². The monoisotopic (exact) mass is 330 g/mol. The van der Waals surface area contributed by atoms with Gasteiger partial charge in [0.2, 0.25) is 5.91 Å². The van der Waals surface area contributed by atoms with Crippen LogP contribution in [-0.2, 0) is 4.79 Å². The quantitative estimate of drug-likeness (QED) is 0.721. The van der Waals surface area contributed by atoms with Gasteiger partial charge in [0.1, 0.15) is 0 Å². The maximum absolute atomic E-state index is 12.1. The molecular weight excluding hydrogens is 312 g/mol. The molecule has 4 rings (SSSR count). The number of hydrazone groups is 1. The van der Waals surface area contributed by atoms with E-state index in [1.165, 1.54) is 0 Å². The molecule has 2 heterocycles. The van der Waals surface area contributed by atoms with Crippen LogP contribution < -0.4 is 0 Å². The Hall–Kier alpha value is -3.08. The first-order valence-corrected chi connectivity index (χ1v) is 8.27. The van der Waals surface area contributed by atoms with Gasteiger partial charge < -0.3 is 0 Å². The van der Waals surface area contributed by atoms with Crippen molar-refractivity contribution in [3.8, 4) is 0 Å². The summed E-state index contributed by atoms with van der Waals surface area (Å²) < 4.78 is 0. The molecule has 2 aromatic carbocycles. The van der Waals surface area contributed by atoms with Crippen LogP contribution >= 0.6 is 0 Å². The second-order valence-electron chi connectivity index (χ2n) is 6.25. The van der Waals surface area contributed by atoms with Crippen LogP contribution in [0, 0.1) is 6.92 Å². The average Bonchev–Trinajstić information content (AvgIpc) is 3.07. The van der Waals surface area contributed by atoms with Gasteiger partial charge in [-0.3, -0.25) is 14.8 Å². The number of carbonyl (C=O) groups is 1. The number of hydrogen-bond donors (Lipinski definition) is 0. The van der Waals surface area contributed by atoms with E-state index >= 15 is 0 Å². The Morgan fingerprint density at radius 2 is 1.84 bits per heavy atom. The lowest BCUT2D eigenvalue weighted by molar-refractivity contribution is -0.130. The molecule has 0 radical (unpaired) electrons. The number of aryl methyl sites for hydroxylation is 1. The van der Waals surface area contributed by atoms with Crippen molar-refractivity contribution in [2.45, 2.75) is 26.3 Å². The molecule has 1 amide bonds. The molecule has 1 aromatic heterocycles. The summed E-state index contributed by atoms with van der Waals surface area (Å²) in [4.78, 5) is 20.8. The molecule has 0 saturated carbocycles. The van der Waals surface area contributed by atoms with Gasteiger partial charge in [0.15, 0.2) is 0 Å². The number of amides is 1. The maximum atomic E-state index is 12.1. The number of aromatic nitrogens is 2. The van der Waals surface area contributed by atoms with Crippen molar-refractivity contribution in [1.82, 2.24) is 15.0 Å². The Kier molecular flexibility index (Phi) is 3.76. The van der Waals surface area contributed by atoms with E-state index in [0.717, 1.165) is 33.4 Å². The van der Waals surface area contributed by atoms with Gasteiger partial charge in [0, 0.05) is 31.3 Å². The topological polar surface area (TPSA) is 58.5 Å². The highest BCUT2D eigenvalue weighted by Crippen LogP contribution is 2.34. The SMILES string of the molecule is CC(=O)N1N=C(c2ccccc2C)C[C@@H]1c1ccc2nccnc2c1. The molecule has 0 N–H and O–H groups in total. The van der Waals surface area contributed by atoms with Crippen molar-refractivity contribution in [3.63, 3.8) is 0 Å². The van der Waals surface area contributed by atoms with E-state index in [4.69, 9.17) is 0 Å². The van der Waals surface area contributed by atoms with Crippen LogP contribution in [0.4, 0.5) is 0 Å². The van der Waals surface area contributed by atoms with Crippen molar-refractivity contribution >= 4 is 22.7 Å². The first-order chi connectivity index (χ1) is 12.1. The molecule has 5 nitrogen and oxygen atoms in total. The summed E-state index contributed by atoms with van der Waals surface area (Å²) in [6.45, 7) is 3.62. The summed E-state index contributed by atoms with van der Waals surface area (Å²) in [5.74, 6) is -0.0622. The Labute approximate surface area is 146 Å². The first kappa shape index (κ1) is 15.4. The van der Waals surface area contributed by atoms with Gasteiger partial charge in [-0.2, -0.15) is 5.10 Å². The van der Waals surface area contributed by atoms with E-state index in [-0.39, 0.29) is 11.9 Å². The van der Waals surface area contributed by atoms with Crippen LogP contribution in [0.3, 0.4) is 0 Å². The van der Waals surface area contributed by atoms with E-state index in [0.29, 0.717) is 6.42 Å². The number of hydrogen-bond acceptors (Lipinski definition) is 4. The highest BCUT2D eigenvalue weighted by Gasteiger charge is 2.31. The van der Waals surface area contributed by atoms with Gasteiger partial charge in [-0.05, 0) is 30.2 Å². The van der Waals surface area contributed by atoms with Crippen LogP contribution in [0.2, 0.25) is 0 Å². The lowest BCUT2D eigenvalue weighted by Crippen LogP contribution is -2.24. The van der Waals surface area contributed by atoms with E-state index in [9.17, 15) is 4.79 Å². The molecule has 1 aliphatic rings. The maximum Gasteiger partial charge on any atom is 0.240 e. The normalized spacial score (nSPS) is 17.0. The van der Waals surface area contributed by atoms with E-state index in [1.807, 2.05) is 30.3 Å². The molecule has 0 saturated heterocycles. The Morgan fingerprint density at radius 1 is 1.08 bits per heavy atom. The highest BCUT2D eigenvalue weighted by atomic mass is 16.2. The Balaban J connectivity index is 1.74. The molecule has 25 heavy (non-hydrogen) atoms. The molecule has 124 valence electrons. The summed E-state index contributed by atoms with van der Waals surface area (Å²) in [6, 6.07) is 14.0. The Bertz CT molecular complexity index is 996. The minimum absolute atomic E-state index is 0.0622. The largest absolute Gasteiger partial charge is 0.273 e. The minimum Gasteiger partial charge on any atom is -0.273 e. The number of fused-ring (bicyclic) bond motifs is 1. The lowest BCUT2D eigenvalue weighted by atomic mass is 9.96. The second-order valence-corrected chi connectivity index (χ2v) is 6.25. The molecular formula is C20H18N4O. The van der Waals surface area contributed by atoms with Crippen molar-refractivity contribution in [3.05, 3.63) is 71.5 Å². The fourth-order valence-corrected chi connectivity index (χ4v) is 3.31. The molecule has 0 bridgehead atoms. The molecule has 0 spiro atoms. The third kappa shape index (κ3) is 2.78. The van der Waals surface area contributed by atoms with Crippen molar-refractivity contribution in [2.24, 2.45) is 5.10 Å². The molecule has 5 heteroatoms. The number of benzene rings is 2. The highest BCUT2D eigenvalue weighted by molar-refractivity contribution is 6.04. The van der Waals surface area contributed by atoms with Crippen LogP contribution in [0.5, 0.6) is 0 Å². The summed E-state index contributed by atoms with van der Waals surface area (Å²) in [6.07, 6.45) is 4.05. The zero-order valence-electron chi connectivity index (χ0n) is 14.2. The fraction of sp³-hybridized carbons (Fsp3) is 0.200. The number of carbonyl (C=O) groups excluding carboxylic acids is 1. The second kappa shape index (κ2) is 6.09. The number of nitrogens with zero attached hydrogens (tertiary/aromatic N) is 4. The van der Waals surface area contributed by atoms with Gasteiger partial charge in [0.25, 0.3) is 0 Å². The van der Waals surface area contributed by atoms with Gasteiger partial charge in [-0.15, -0.1) is 0 Å². The van der Waals surface area contributed by atoms with Gasteiger partial charge in [-0.25, -0.2) is 5.01 Å². The van der Waals surface area contributed by atoms with Crippen LogP contribution in [0.1, 0.15) is 36.1 Å². The molecule has 0 unspecified atom stereocenters. The lowest BCUT2D eigenvalue weighted by Gasteiger charge is -2.20. The van der Waals surface area contributed by atoms with Gasteiger partial charge in [-0.1, -0.05) is 30.3 Å². The predicted octanol–water partition coefficient (Wildman–Crippen LogP) is 3.64. The van der Waals surface area contributed by atoms with Crippen molar-refractivity contribution in [2.75, 3.05) is 0 Å². The molecule has 0 aliphatic carbocycles. The molecule has 1 aliphatic heterocycles. The van der Waals surface area contributed by atoms with Crippen LogP contribution in [0.25, 0.3) is 11.0 Å². The fourth-order valence-electron chi connectivity index (χ4n) is 3.31. The molecule has 1 atom stereocenters. The summed E-state index contributed by atoms with van der Waals surface area (Å²) >= 11 is 0. The summed E-state index contributed by atoms with van der Waals surface area (Å²) in [5, 5.41) is 6.20. The average molecular weight is 330 g/mol. The first-order valence-electron chi connectivity index (χ1n) is 8.27. The third-order valence-electron chi connectivity index (χ3n) is 4.57. The molecule has 3 aromatic rings. The van der Waals surface area contributed by atoms with Crippen molar-refractivity contribution < 1.29 is 4.79 Å². The number of rotatable bonds is 2. The van der Waals surface area contributed by atoms with E-state index < -0.39 is 0 Å². The smallest absolute Gasteiger partial charge is 0.240 e. The van der Waals surface area contributed by atoms with Gasteiger partial charge in [0.05, 0.1) is 22.8 Å².